The summed E-state index contributed by atoms with van der Waals surface area (Å²) in [7, 11) is -1.95. The summed E-state index contributed by atoms with van der Waals surface area (Å²) < 4.78 is 23.0. The van der Waals surface area contributed by atoms with Crippen LogP contribution in [0.25, 0.3) is 0 Å². The fraction of sp³-hybridized carbons (Fsp3) is 0.357. The van der Waals surface area contributed by atoms with E-state index < -0.39 is 27.2 Å². The van der Waals surface area contributed by atoms with Crippen molar-refractivity contribution in [3.05, 3.63) is 29.8 Å². The molecule has 0 saturated heterocycles. The van der Waals surface area contributed by atoms with E-state index in [1.807, 2.05) is 0 Å². The van der Waals surface area contributed by atoms with Crippen molar-refractivity contribution >= 4 is 27.4 Å². The van der Waals surface area contributed by atoms with Crippen molar-refractivity contribution in [1.82, 2.24) is 10.1 Å². The number of hydrazone groups is 1. The maximum atomic E-state index is 12.3. The second-order valence-corrected chi connectivity index (χ2v) is 7.49. The molecule has 1 aromatic rings. The van der Waals surface area contributed by atoms with E-state index in [1.54, 1.807) is 0 Å². The number of amides is 2. The Balaban J connectivity index is 2.54. The van der Waals surface area contributed by atoms with Gasteiger partial charge in [-0.15, -0.1) is 0 Å². The average molecular weight is 339 g/mol. The van der Waals surface area contributed by atoms with Gasteiger partial charge in [-0.05, 0) is 19.1 Å². The summed E-state index contributed by atoms with van der Waals surface area (Å²) in [5.74, 6) is -1.28. The van der Waals surface area contributed by atoms with E-state index in [0.717, 1.165) is 18.2 Å². The van der Waals surface area contributed by atoms with E-state index in [4.69, 9.17) is 0 Å². The largest absolute Gasteiger partial charge is 0.284 e. The third kappa shape index (κ3) is 2.73. The molecule has 0 aliphatic carbocycles. The molecule has 124 valence electrons. The van der Waals surface area contributed by atoms with Crippen molar-refractivity contribution in [2.45, 2.75) is 24.3 Å². The lowest BCUT2D eigenvalue weighted by atomic mass is 9.89. The van der Waals surface area contributed by atoms with Crippen LogP contribution in [-0.2, 0) is 19.4 Å². The van der Waals surface area contributed by atoms with Gasteiger partial charge in [-0.2, -0.15) is 5.10 Å². The van der Waals surface area contributed by atoms with Crippen LogP contribution >= 0.6 is 0 Å². The molecule has 1 aromatic carbocycles. The van der Waals surface area contributed by atoms with Crippen molar-refractivity contribution in [3.63, 3.8) is 0 Å². The van der Waals surface area contributed by atoms with Crippen LogP contribution in [0.4, 0.5) is 0 Å². The highest BCUT2D eigenvalue weighted by Crippen LogP contribution is 2.29. The molecule has 1 aliphatic rings. The summed E-state index contributed by atoms with van der Waals surface area (Å²) in [5, 5.41) is 15.5. The predicted octanol–water partition coefficient (Wildman–Crippen LogP) is 0.263. The number of carbonyl (C=O) groups excluding carboxylic acids is 2. The Labute approximate surface area is 133 Å². The van der Waals surface area contributed by atoms with Gasteiger partial charge in [-0.25, -0.2) is 18.5 Å². The van der Waals surface area contributed by atoms with Gasteiger partial charge in [0.1, 0.15) is 5.71 Å². The first kappa shape index (κ1) is 17.1. The van der Waals surface area contributed by atoms with E-state index in [-0.39, 0.29) is 10.6 Å². The molecular formula is C14H17N3O5S. The van der Waals surface area contributed by atoms with Crippen LogP contribution < -0.4 is 0 Å². The van der Waals surface area contributed by atoms with E-state index in [0.29, 0.717) is 10.6 Å². The fourth-order valence-electron chi connectivity index (χ4n) is 2.41. The number of rotatable bonds is 3. The molecule has 0 spiro atoms. The molecule has 1 aliphatic heterocycles. The minimum absolute atomic E-state index is 0.119. The first-order valence-electron chi connectivity index (χ1n) is 6.67. The highest BCUT2D eigenvalue weighted by atomic mass is 32.2. The first-order chi connectivity index (χ1) is 10.5. The zero-order valence-electron chi connectivity index (χ0n) is 13.1. The number of nitrogens with zero attached hydrogens (tertiary/aromatic N) is 3. The van der Waals surface area contributed by atoms with Gasteiger partial charge in [0, 0.05) is 25.8 Å². The molecule has 8 nitrogen and oxygen atoms in total. The van der Waals surface area contributed by atoms with Gasteiger partial charge in [0.2, 0.25) is 5.91 Å². The highest BCUT2D eigenvalue weighted by molar-refractivity contribution is 7.90. The van der Waals surface area contributed by atoms with Crippen molar-refractivity contribution in [1.29, 1.82) is 0 Å². The van der Waals surface area contributed by atoms with Gasteiger partial charge >= 0.3 is 0 Å². The molecule has 0 radical (unpaired) electrons. The number of sulfone groups is 1. The third-order valence-corrected chi connectivity index (χ3v) is 4.83. The van der Waals surface area contributed by atoms with Crippen LogP contribution in [-0.4, -0.2) is 60.1 Å². The lowest BCUT2D eigenvalue weighted by Gasteiger charge is -2.31. The SMILES string of the molecule is CC(=O)N(O)C1(C)C(=O)N(C)N=C1c1ccc(S(C)(=O)=O)cc1. The van der Waals surface area contributed by atoms with E-state index in [9.17, 15) is 23.2 Å². The molecule has 0 aromatic heterocycles. The molecule has 2 amide bonds. The molecule has 9 heteroatoms. The monoisotopic (exact) mass is 339 g/mol. The van der Waals surface area contributed by atoms with Gasteiger partial charge < -0.3 is 0 Å². The van der Waals surface area contributed by atoms with E-state index in [2.05, 4.69) is 5.10 Å². The summed E-state index contributed by atoms with van der Waals surface area (Å²) >= 11 is 0. The van der Waals surface area contributed by atoms with Crippen LogP contribution in [0, 0.1) is 0 Å². The van der Waals surface area contributed by atoms with Crippen molar-refractivity contribution in [2.75, 3.05) is 13.3 Å². The van der Waals surface area contributed by atoms with Crippen molar-refractivity contribution < 1.29 is 23.2 Å². The second kappa shape index (κ2) is 5.43. The maximum absolute atomic E-state index is 12.3. The van der Waals surface area contributed by atoms with Crippen LogP contribution in [0.2, 0.25) is 0 Å². The summed E-state index contributed by atoms with van der Waals surface area (Å²) in [5.41, 5.74) is -1.09. The maximum Gasteiger partial charge on any atom is 0.276 e. The van der Waals surface area contributed by atoms with Gasteiger partial charge in [0.15, 0.2) is 15.4 Å². The minimum Gasteiger partial charge on any atom is -0.284 e. The first-order valence-corrected chi connectivity index (χ1v) is 8.56. The molecule has 0 fully saturated rings. The topological polar surface area (TPSA) is 107 Å². The van der Waals surface area contributed by atoms with E-state index in [1.165, 1.54) is 38.2 Å². The molecule has 1 heterocycles. The fourth-order valence-corrected chi connectivity index (χ4v) is 3.04. The Hall–Kier alpha value is -2.26. The molecule has 1 unspecified atom stereocenters. The highest BCUT2D eigenvalue weighted by Gasteiger charge is 2.52. The smallest absolute Gasteiger partial charge is 0.276 e. The minimum atomic E-state index is -3.35. The number of hydrogen-bond donors (Lipinski definition) is 1. The number of benzene rings is 1. The summed E-state index contributed by atoms with van der Waals surface area (Å²) in [6.07, 6.45) is 1.09. The molecule has 1 atom stereocenters. The summed E-state index contributed by atoms with van der Waals surface area (Å²) in [6, 6.07) is 5.72. The molecule has 0 saturated carbocycles. The average Bonchev–Trinajstić information content (AvgIpc) is 2.71. The number of likely N-dealkylation sites (N-methyl/N-ethyl adjacent to an activating group) is 1. The van der Waals surface area contributed by atoms with Crippen LogP contribution in [0.3, 0.4) is 0 Å². The Morgan fingerprint density at radius 2 is 1.83 bits per heavy atom. The van der Waals surface area contributed by atoms with Crippen LogP contribution in [0.1, 0.15) is 19.4 Å². The van der Waals surface area contributed by atoms with Crippen LogP contribution in [0.15, 0.2) is 34.3 Å². The lowest BCUT2D eigenvalue weighted by Crippen LogP contribution is -2.57. The van der Waals surface area contributed by atoms with Crippen molar-refractivity contribution in [3.8, 4) is 0 Å². The van der Waals surface area contributed by atoms with Gasteiger partial charge in [-0.3, -0.25) is 14.8 Å². The Kier molecular flexibility index (Phi) is 4.03. The molecule has 0 bridgehead atoms. The van der Waals surface area contributed by atoms with Crippen molar-refractivity contribution in [2.24, 2.45) is 5.10 Å². The number of carbonyl (C=O) groups is 2. The summed E-state index contributed by atoms with van der Waals surface area (Å²) in [4.78, 5) is 24.0. The number of hydroxylamine groups is 2. The van der Waals surface area contributed by atoms with Crippen LogP contribution in [0.5, 0.6) is 0 Å². The quantitative estimate of drug-likeness (QED) is 0.628. The Morgan fingerprint density at radius 3 is 2.26 bits per heavy atom. The normalized spacial score (nSPS) is 21.3. The molecule has 1 N–H and O–H groups in total. The number of hydrogen-bond acceptors (Lipinski definition) is 6. The molecule has 23 heavy (non-hydrogen) atoms. The lowest BCUT2D eigenvalue weighted by molar-refractivity contribution is -0.185. The Morgan fingerprint density at radius 1 is 1.30 bits per heavy atom. The molecular weight excluding hydrogens is 322 g/mol. The summed E-state index contributed by atoms with van der Waals surface area (Å²) in [6.45, 7) is 2.50. The zero-order valence-corrected chi connectivity index (χ0v) is 14.0. The van der Waals surface area contributed by atoms with E-state index >= 15 is 0 Å². The van der Waals surface area contributed by atoms with Gasteiger partial charge in [0.05, 0.1) is 4.90 Å². The second-order valence-electron chi connectivity index (χ2n) is 5.48. The van der Waals surface area contributed by atoms with Gasteiger partial charge in [-0.1, -0.05) is 12.1 Å². The zero-order chi connectivity index (χ0) is 17.6. The van der Waals surface area contributed by atoms with Gasteiger partial charge in [0.25, 0.3) is 5.91 Å². The third-order valence-electron chi connectivity index (χ3n) is 3.70. The molecule has 2 rings (SSSR count). The predicted molar refractivity (Wildman–Crippen MR) is 81.6 cm³/mol. The standard InChI is InChI=1S/C14H17N3O5S/c1-9(18)17(20)14(2)12(15-16(3)13(14)19)10-5-7-11(8-6-10)23(4,21)22/h5-8,20H,1-4H3. The Bertz CT molecular complexity index is 800.